The van der Waals surface area contributed by atoms with E-state index in [1.165, 1.54) is 66.1 Å². The SMILES string of the molecule is Cc1ccc2[nH]c(C)cc2c1.Cc1ccc2c(C)c[nH]c2c1.Cc1ccc2c(Cl)c[nH]c2c1.Cc1ccc2cnccc2c1. The number of rotatable bonds is 0. The van der Waals surface area contributed by atoms with Crippen molar-refractivity contribution in [1.29, 1.82) is 0 Å². The Morgan fingerprint density at radius 1 is 0.523 bits per heavy atom. The maximum atomic E-state index is 5.89. The lowest BCUT2D eigenvalue weighted by Gasteiger charge is -1.96. The zero-order chi connectivity index (χ0) is 31.2. The molecule has 0 saturated heterocycles. The minimum atomic E-state index is 0.792. The van der Waals surface area contributed by atoms with E-state index in [1.54, 1.807) is 0 Å². The van der Waals surface area contributed by atoms with Crippen LogP contribution in [0.5, 0.6) is 0 Å². The number of hydrogen-bond acceptors (Lipinski definition) is 1. The molecule has 4 nitrogen and oxygen atoms in total. The van der Waals surface area contributed by atoms with E-state index >= 15 is 0 Å². The number of nitrogens with one attached hydrogen (secondary N) is 3. The van der Waals surface area contributed by atoms with Crippen LogP contribution in [-0.2, 0) is 0 Å². The summed E-state index contributed by atoms with van der Waals surface area (Å²) in [7, 11) is 0. The van der Waals surface area contributed by atoms with E-state index in [-0.39, 0.29) is 0 Å². The second-order valence-electron chi connectivity index (χ2n) is 11.5. The Kier molecular flexibility index (Phi) is 9.52. The topological polar surface area (TPSA) is 60.3 Å². The molecule has 222 valence electrons. The third kappa shape index (κ3) is 7.58. The van der Waals surface area contributed by atoms with Crippen molar-refractivity contribution in [2.75, 3.05) is 0 Å². The predicted molar refractivity (Wildman–Crippen MR) is 190 cm³/mol. The Balaban J connectivity index is 0.000000116. The lowest BCUT2D eigenvalue weighted by Crippen LogP contribution is -1.75. The van der Waals surface area contributed by atoms with Gasteiger partial charge in [0.15, 0.2) is 0 Å². The van der Waals surface area contributed by atoms with Gasteiger partial charge in [0.25, 0.3) is 0 Å². The lowest BCUT2D eigenvalue weighted by molar-refractivity contribution is 1.30. The Hall–Kier alpha value is -4.80. The third-order valence-corrected chi connectivity index (χ3v) is 7.85. The highest BCUT2D eigenvalue weighted by molar-refractivity contribution is 6.35. The van der Waals surface area contributed by atoms with Crippen LogP contribution in [0.1, 0.15) is 33.5 Å². The molecule has 8 rings (SSSR count). The first kappa shape index (κ1) is 30.7. The molecule has 0 radical (unpaired) electrons. The highest BCUT2D eigenvalue weighted by Gasteiger charge is 1.99. The monoisotopic (exact) mass is 598 g/mol. The highest BCUT2D eigenvalue weighted by atomic mass is 35.5. The van der Waals surface area contributed by atoms with E-state index in [0.717, 1.165) is 15.9 Å². The van der Waals surface area contributed by atoms with Gasteiger partial charge in [0, 0.05) is 63.2 Å². The first-order valence-corrected chi connectivity index (χ1v) is 15.2. The molecular formula is C39H39ClN4. The van der Waals surface area contributed by atoms with E-state index in [4.69, 9.17) is 11.6 Å². The first-order chi connectivity index (χ1) is 21.2. The molecule has 0 aliphatic rings. The van der Waals surface area contributed by atoms with Gasteiger partial charge in [0.1, 0.15) is 0 Å². The molecule has 8 aromatic rings. The fourth-order valence-corrected chi connectivity index (χ4v) is 5.41. The number of halogens is 1. The van der Waals surface area contributed by atoms with E-state index in [2.05, 4.69) is 134 Å². The number of hydrogen-bond donors (Lipinski definition) is 3. The standard InChI is InChI=1S/2C10H11N.C10H9N.C9H8ClN/c1-7-3-4-10-9(5-7)6-8(2)11-10;1-7-3-4-9-8(2)6-11-10(9)5-7;1-8-2-3-10-7-11-5-4-9(10)6-8;1-6-2-3-7-8(10)5-11-9(7)4-6/h2*3-6,11H,1-2H3;2-7H,1H3;2-5,11H,1H3. The molecule has 4 aromatic carbocycles. The molecule has 3 N–H and O–H groups in total. The second-order valence-corrected chi connectivity index (χ2v) is 11.9. The number of aryl methyl sites for hydroxylation is 6. The van der Waals surface area contributed by atoms with Gasteiger partial charge in [-0.1, -0.05) is 71.3 Å². The predicted octanol–water partition coefficient (Wildman–Crippen LogP) is 11.2. The van der Waals surface area contributed by atoms with Gasteiger partial charge in [-0.05, 0) is 105 Å². The summed E-state index contributed by atoms with van der Waals surface area (Å²) >= 11 is 5.89. The van der Waals surface area contributed by atoms with Gasteiger partial charge in [-0.3, -0.25) is 4.98 Å². The van der Waals surface area contributed by atoms with Crippen LogP contribution in [-0.4, -0.2) is 19.9 Å². The quantitative estimate of drug-likeness (QED) is 0.160. The highest BCUT2D eigenvalue weighted by Crippen LogP contribution is 2.23. The number of fused-ring (bicyclic) bond motifs is 4. The Labute approximate surface area is 264 Å². The van der Waals surface area contributed by atoms with Crippen LogP contribution in [0.25, 0.3) is 43.5 Å². The van der Waals surface area contributed by atoms with Crippen molar-refractivity contribution < 1.29 is 0 Å². The van der Waals surface area contributed by atoms with Crippen molar-refractivity contribution in [2.24, 2.45) is 0 Å². The Bertz CT molecular complexity index is 2070. The summed E-state index contributed by atoms with van der Waals surface area (Å²) in [6.07, 6.45) is 7.56. The lowest BCUT2D eigenvalue weighted by atomic mass is 10.1. The molecule has 0 bridgehead atoms. The molecule has 0 saturated carbocycles. The fourth-order valence-electron chi connectivity index (χ4n) is 5.19. The largest absolute Gasteiger partial charge is 0.361 e. The third-order valence-electron chi connectivity index (χ3n) is 7.54. The van der Waals surface area contributed by atoms with Crippen molar-refractivity contribution >= 4 is 55.1 Å². The molecule has 0 aliphatic carbocycles. The summed E-state index contributed by atoms with van der Waals surface area (Å²) < 4.78 is 0. The Morgan fingerprint density at radius 2 is 1.11 bits per heavy atom. The van der Waals surface area contributed by atoms with Gasteiger partial charge in [-0.2, -0.15) is 0 Å². The average Bonchev–Trinajstić information content (AvgIpc) is 3.68. The molecule has 0 atom stereocenters. The molecule has 4 heterocycles. The summed E-state index contributed by atoms with van der Waals surface area (Å²) in [6, 6.07) is 29.6. The van der Waals surface area contributed by atoms with E-state index in [9.17, 15) is 0 Å². The van der Waals surface area contributed by atoms with E-state index in [0.29, 0.717) is 0 Å². The summed E-state index contributed by atoms with van der Waals surface area (Å²) in [4.78, 5) is 13.7. The van der Waals surface area contributed by atoms with Crippen LogP contribution in [0.3, 0.4) is 0 Å². The normalized spacial score (nSPS) is 10.6. The molecule has 44 heavy (non-hydrogen) atoms. The summed E-state index contributed by atoms with van der Waals surface area (Å²) in [5.74, 6) is 0. The maximum absolute atomic E-state index is 5.89. The van der Waals surface area contributed by atoms with Gasteiger partial charge in [-0.25, -0.2) is 0 Å². The van der Waals surface area contributed by atoms with Crippen molar-refractivity contribution in [1.82, 2.24) is 19.9 Å². The van der Waals surface area contributed by atoms with Crippen LogP contribution in [0.2, 0.25) is 5.02 Å². The molecule has 5 heteroatoms. The van der Waals surface area contributed by atoms with Crippen molar-refractivity contribution in [3.63, 3.8) is 0 Å². The van der Waals surface area contributed by atoms with Crippen LogP contribution < -0.4 is 0 Å². The number of aromatic amines is 3. The van der Waals surface area contributed by atoms with Crippen molar-refractivity contribution in [3.8, 4) is 0 Å². The zero-order valence-electron chi connectivity index (χ0n) is 26.2. The second kappa shape index (κ2) is 13.7. The zero-order valence-corrected chi connectivity index (χ0v) is 27.0. The van der Waals surface area contributed by atoms with Gasteiger partial charge in [0.2, 0.25) is 0 Å². The number of benzene rings is 4. The van der Waals surface area contributed by atoms with Crippen molar-refractivity contribution in [3.05, 3.63) is 148 Å². The number of pyridine rings is 1. The van der Waals surface area contributed by atoms with Crippen LogP contribution in [0.15, 0.2) is 110 Å². The summed E-state index contributed by atoms with van der Waals surface area (Å²) in [5.41, 5.74) is 11.3. The molecule has 0 fully saturated rings. The molecule has 0 unspecified atom stereocenters. The van der Waals surface area contributed by atoms with Crippen LogP contribution >= 0.6 is 11.6 Å². The molecule has 0 amide bonds. The summed E-state index contributed by atoms with van der Waals surface area (Å²) in [5, 5.41) is 6.99. The van der Waals surface area contributed by atoms with E-state index in [1.807, 2.05) is 36.9 Å². The maximum Gasteiger partial charge on any atom is 0.0659 e. The molecular weight excluding hydrogens is 560 g/mol. The fraction of sp³-hybridized carbons (Fsp3) is 0.154. The average molecular weight is 599 g/mol. The molecule has 0 spiro atoms. The minimum absolute atomic E-state index is 0.792. The van der Waals surface area contributed by atoms with Gasteiger partial charge < -0.3 is 15.0 Å². The van der Waals surface area contributed by atoms with Gasteiger partial charge in [0.05, 0.1) is 5.02 Å². The number of H-pyrrole nitrogens is 3. The number of aromatic nitrogens is 4. The van der Waals surface area contributed by atoms with Crippen molar-refractivity contribution in [2.45, 2.75) is 41.5 Å². The molecule has 0 aliphatic heterocycles. The summed E-state index contributed by atoms with van der Waals surface area (Å²) in [6.45, 7) is 12.6. The molecule has 4 aromatic heterocycles. The Morgan fingerprint density at radius 3 is 1.86 bits per heavy atom. The van der Waals surface area contributed by atoms with Gasteiger partial charge in [-0.15, -0.1) is 0 Å². The minimum Gasteiger partial charge on any atom is -0.361 e. The number of nitrogens with zero attached hydrogens (tertiary/aromatic N) is 1. The smallest absolute Gasteiger partial charge is 0.0659 e. The first-order valence-electron chi connectivity index (χ1n) is 14.8. The van der Waals surface area contributed by atoms with E-state index < -0.39 is 0 Å². The van der Waals surface area contributed by atoms with Crippen LogP contribution in [0.4, 0.5) is 0 Å². The van der Waals surface area contributed by atoms with Crippen LogP contribution in [0, 0.1) is 41.5 Å². The van der Waals surface area contributed by atoms with Gasteiger partial charge >= 0.3 is 0 Å².